The third kappa shape index (κ3) is 9.91. The number of hydrogen-bond donors (Lipinski definition) is 3. The Labute approximate surface area is 189 Å². The van der Waals surface area contributed by atoms with Crippen LogP contribution in [0.15, 0.2) is 24.4 Å². The van der Waals surface area contributed by atoms with Gasteiger partial charge in [0.05, 0.1) is 18.3 Å². The summed E-state index contributed by atoms with van der Waals surface area (Å²) in [4.78, 5) is 36.2. The number of ether oxygens (including phenoxy) is 1. The number of rotatable bonds is 3. The van der Waals surface area contributed by atoms with Gasteiger partial charge in [0.2, 0.25) is 0 Å². The molecule has 3 heterocycles. The van der Waals surface area contributed by atoms with Gasteiger partial charge in [-0.1, -0.05) is 6.07 Å². The minimum Gasteiger partial charge on any atom is -0.475 e. The summed E-state index contributed by atoms with van der Waals surface area (Å²) in [5, 5.41) is 17.6. The number of carbonyl (C=O) groups is 3. The summed E-state index contributed by atoms with van der Waals surface area (Å²) in [5.41, 5.74) is 0.903. The number of pyridine rings is 1. The molecule has 0 unspecified atom stereocenters. The van der Waals surface area contributed by atoms with Gasteiger partial charge in [-0.25, -0.2) is 9.59 Å². The number of fused-ring (bicyclic) bond motifs is 1. The van der Waals surface area contributed by atoms with E-state index in [1.807, 2.05) is 25.2 Å². The highest BCUT2D eigenvalue weighted by atomic mass is 19.4. The maximum atomic E-state index is 12.4. The quantitative estimate of drug-likeness (QED) is 0.535. The molecule has 1 aromatic heterocycles. The van der Waals surface area contributed by atoms with Crippen LogP contribution in [0.2, 0.25) is 0 Å². The van der Waals surface area contributed by atoms with Crippen molar-refractivity contribution in [2.24, 2.45) is 5.92 Å². The Morgan fingerprint density at radius 2 is 1.68 bits per heavy atom. The smallest absolute Gasteiger partial charge is 0.475 e. The molecule has 0 saturated carbocycles. The Kier molecular flexibility index (Phi) is 10.7. The number of amides is 1. The van der Waals surface area contributed by atoms with Crippen molar-refractivity contribution in [3.63, 3.8) is 0 Å². The molecule has 2 aliphatic rings. The number of aromatic nitrogens is 1. The number of hydrogen-bond acceptors (Lipinski definition) is 6. The molecule has 2 saturated heterocycles. The lowest BCUT2D eigenvalue weighted by molar-refractivity contribution is -0.193. The van der Waals surface area contributed by atoms with Crippen molar-refractivity contribution in [1.82, 2.24) is 15.2 Å². The first-order valence-corrected chi connectivity index (χ1v) is 9.74. The van der Waals surface area contributed by atoms with Gasteiger partial charge in [-0.05, 0) is 37.4 Å². The van der Waals surface area contributed by atoms with Gasteiger partial charge in [0.25, 0.3) is 5.91 Å². The van der Waals surface area contributed by atoms with Crippen molar-refractivity contribution >= 4 is 17.8 Å². The van der Waals surface area contributed by atoms with Crippen LogP contribution in [0.3, 0.4) is 0 Å². The molecule has 192 valence electrons. The maximum Gasteiger partial charge on any atom is 0.490 e. The van der Waals surface area contributed by atoms with Gasteiger partial charge >= 0.3 is 24.3 Å². The largest absolute Gasteiger partial charge is 0.490 e. The number of likely N-dealkylation sites (N-methyl/N-ethyl adjacent to an activating group) is 1. The second-order valence-corrected chi connectivity index (χ2v) is 7.27. The maximum absolute atomic E-state index is 12.4. The zero-order valence-corrected chi connectivity index (χ0v) is 17.8. The van der Waals surface area contributed by atoms with Crippen LogP contribution in [0.1, 0.15) is 18.5 Å². The van der Waals surface area contributed by atoms with Crippen LogP contribution in [0.5, 0.6) is 0 Å². The molecule has 0 aromatic carbocycles. The molecule has 3 rings (SSSR count). The van der Waals surface area contributed by atoms with Gasteiger partial charge in [-0.2, -0.15) is 26.3 Å². The average molecular weight is 503 g/mol. The van der Waals surface area contributed by atoms with Gasteiger partial charge in [0.1, 0.15) is 6.10 Å². The summed E-state index contributed by atoms with van der Waals surface area (Å²) >= 11 is 0. The zero-order chi connectivity index (χ0) is 26.1. The van der Waals surface area contributed by atoms with E-state index in [9.17, 15) is 31.1 Å². The van der Waals surface area contributed by atoms with Crippen LogP contribution in [-0.2, 0) is 25.7 Å². The third-order valence-electron chi connectivity index (χ3n) is 4.68. The molecule has 15 heteroatoms. The van der Waals surface area contributed by atoms with Gasteiger partial charge in [-0.15, -0.1) is 0 Å². The van der Waals surface area contributed by atoms with Crippen LogP contribution in [0, 0.1) is 5.92 Å². The van der Waals surface area contributed by atoms with Crippen molar-refractivity contribution in [3.05, 3.63) is 30.1 Å². The first-order chi connectivity index (χ1) is 15.6. The molecule has 3 N–H and O–H groups in total. The SMILES string of the molecule is CN(Cc1ccccn1)C(=O)[C@H]1C[C@@H]2CCNC[C@@H]2O1.O=C(O)C(F)(F)F.O=C(O)C(F)(F)F. The van der Waals surface area contributed by atoms with E-state index < -0.39 is 24.3 Å². The Balaban J connectivity index is 0.000000343. The van der Waals surface area contributed by atoms with Crippen molar-refractivity contribution in [1.29, 1.82) is 0 Å². The third-order valence-corrected chi connectivity index (χ3v) is 4.68. The fourth-order valence-corrected chi connectivity index (χ4v) is 3.07. The normalized spacial score (nSPS) is 21.7. The lowest BCUT2D eigenvalue weighted by Gasteiger charge is -2.24. The van der Waals surface area contributed by atoms with Crippen LogP contribution < -0.4 is 5.32 Å². The number of alkyl halides is 6. The van der Waals surface area contributed by atoms with Crippen LogP contribution in [0.25, 0.3) is 0 Å². The number of nitrogens with one attached hydrogen (secondary N) is 1. The van der Waals surface area contributed by atoms with Crippen molar-refractivity contribution in [2.75, 3.05) is 20.1 Å². The summed E-state index contributed by atoms with van der Waals surface area (Å²) < 4.78 is 69.4. The molecule has 3 atom stereocenters. The molecule has 2 fully saturated rings. The summed E-state index contributed by atoms with van der Waals surface area (Å²) in [6.45, 7) is 2.45. The standard InChI is InChI=1S/C15H21N3O2.2C2HF3O2/c1-18(10-12-4-2-3-6-17-12)15(19)13-8-11-5-7-16-9-14(11)20-13;2*3-2(4,5)1(6)7/h2-4,6,11,13-14,16H,5,7-10H2,1H3;2*(H,6,7)/t11-,13+,14-;;/m0../s1. The minimum atomic E-state index is -5.08. The molecular weight excluding hydrogens is 480 g/mol. The van der Waals surface area contributed by atoms with Crippen molar-refractivity contribution in [2.45, 2.75) is 43.9 Å². The fraction of sp³-hybridized carbons (Fsp3) is 0.579. The number of halogens is 6. The van der Waals surface area contributed by atoms with E-state index in [1.54, 1.807) is 11.1 Å². The van der Waals surface area contributed by atoms with Crippen molar-refractivity contribution in [3.8, 4) is 0 Å². The van der Waals surface area contributed by atoms with Crippen molar-refractivity contribution < 1.29 is 55.7 Å². The van der Waals surface area contributed by atoms with Gasteiger partial charge in [0, 0.05) is 19.8 Å². The van der Waals surface area contributed by atoms with E-state index in [0.29, 0.717) is 12.5 Å². The number of carboxylic acid groups (broad SMARTS) is 2. The number of carboxylic acids is 2. The van der Waals surface area contributed by atoms with E-state index >= 15 is 0 Å². The Morgan fingerprint density at radius 1 is 1.12 bits per heavy atom. The van der Waals surface area contributed by atoms with E-state index in [1.165, 1.54) is 0 Å². The van der Waals surface area contributed by atoms with Gasteiger partial charge in [-0.3, -0.25) is 9.78 Å². The van der Waals surface area contributed by atoms with Crippen LogP contribution in [0.4, 0.5) is 26.3 Å². The zero-order valence-electron chi connectivity index (χ0n) is 17.8. The van der Waals surface area contributed by atoms with Gasteiger partial charge in [0.15, 0.2) is 0 Å². The number of aliphatic carboxylic acids is 2. The number of nitrogens with zero attached hydrogens (tertiary/aromatic N) is 2. The summed E-state index contributed by atoms with van der Waals surface area (Å²) in [5.74, 6) is -4.90. The Bertz CT molecular complexity index is 783. The summed E-state index contributed by atoms with van der Waals surface area (Å²) in [7, 11) is 1.82. The number of piperidine rings is 1. The van der Waals surface area contributed by atoms with E-state index in [0.717, 1.165) is 31.6 Å². The Morgan fingerprint density at radius 3 is 2.12 bits per heavy atom. The van der Waals surface area contributed by atoms with Gasteiger partial charge < -0.3 is 25.2 Å². The van der Waals surface area contributed by atoms with E-state index in [4.69, 9.17) is 24.5 Å². The molecule has 34 heavy (non-hydrogen) atoms. The minimum absolute atomic E-state index is 0.0741. The highest BCUT2D eigenvalue weighted by molar-refractivity contribution is 5.81. The second-order valence-electron chi connectivity index (χ2n) is 7.27. The average Bonchev–Trinajstić information content (AvgIpc) is 3.17. The highest BCUT2D eigenvalue weighted by Gasteiger charge is 2.41. The molecule has 1 aromatic rings. The molecular formula is C19H23F6N3O6. The van der Waals surface area contributed by atoms with E-state index in [2.05, 4.69) is 10.3 Å². The molecule has 0 radical (unpaired) electrons. The molecule has 0 spiro atoms. The van der Waals surface area contributed by atoms with Crippen LogP contribution >= 0.6 is 0 Å². The second kappa shape index (κ2) is 12.5. The predicted octanol–water partition coefficient (Wildman–Crippen LogP) is 2.07. The predicted molar refractivity (Wildman–Crippen MR) is 102 cm³/mol. The summed E-state index contributed by atoms with van der Waals surface area (Å²) in [6, 6.07) is 5.75. The lowest BCUT2D eigenvalue weighted by Crippen LogP contribution is -2.39. The number of carbonyl (C=O) groups excluding carboxylic acids is 1. The molecule has 0 bridgehead atoms. The fourth-order valence-electron chi connectivity index (χ4n) is 3.07. The first kappa shape index (κ1) is 29.1. The van der Waals surface area contributed by atoms with Crippen LogP contribution in [-0.4, -0.2) is 82.6 Å². The topological polar surface area (TPSA) is 129 Å². The molecule has 1 amide bonds. The summed E-state index contributed by atoms with van der Waals surface area (Å²) in [6.07, 6.45) is -6.52. The highest BCUT2D eigenvalue weighted by Crippen LogP contribution is 2.31. The van der Waals surface area contributed by atoms with E-state index in [-0.39, 0.29) is 18.1 Å². The first-order valence-electron chi connectivity index (χ1n) is 9.74. The lowest BCUT2D eigenvalue weighted by atomic mass is 9.93. The molecule has 0 aliphatic carbocycles. The Hall–Kier alpha value is -2.94. The molecule has 2 aliphatic heterocycles. The molecule has 9 nitrogen and oxygen atoms in total. The monoisotopic (exact) mass is 503 g/mol.